The van der Waals surface area contributed by atoms with Crippen LogP contribution in [0.1, 0.15) is 38.8 Å². The summed E-state index contributed by atoms with van der Waals surface area (Å²) in [5.74, 6) is 0.871. The van der Waals surface area contributed by atoms with Gasteiger partial charge in [0, 0.05) is 18.3 Å². The van der Waals surface area contributed by atoms with Crippen molar-refractivity contribution in [2.45, 2.75) is 52.4 Å². The van der Waals surface area contributed by atoms with Crippen molar-refractivity contribution in [2.75, 3.05) is 12.4 Å². The number of hydrogen-bond donors (Lipinski definition) is 1. The summed E-state index contributed by atoms with van der Waals surface area (Å²) in [7, 11) is 1.57. The van der Waals surface area contributed by atoms with Crippen LogP contribution in [0.25, 0.3) is 0 Å². The van der Waals surface area contributed by atoms with E-state index in [1.807, 2.05) is 44.3 Å². The van der Waals surface area contributed by atoms with Gasteiger partial charge in [0.15, 0.2) is 0 Å². The van der Waals surface area contributed by atoms with Gasteiger partial charge in [0.05, 0.1) is 11.2 Å². The molecule has 0 amide bonds. The predicted octanol–water partition coefficient (Wildman–Crippen LogP) is 3.91. The molecular weight excluding hydrogens is 325 g/mol. The van der Waals surface area contributed by atoms with Gasteiger partial charge >= 0.3 is 7.12 Å². The van der Waals surface area contributed by atoms with Crippen LogP contribution in [0.2, 0.25) is 0 Å². The Kier molecular flexibility index (Phi) is 5.04. The first-order valence-electron chi connectivity index (χ1n) is 9.08. The van der Waals surface area contributed by atoms with Crippen molar-refractivity contribution in [1.29, 1.82) is 0 Å². The second kappa shape index (κ2) is 6.97. The van der Waals surface area contributed by atoms with Crippen LogP contribution in [0, 0.1) is 6.92 Å². The Bertz CT molecular complexity index is 773. The molecule has 4 nitrogen and oxygen atoms in total. The van der Waals surface area contributed by atoms with Crippen LogP contribution in [0.15, 0.2) is 42.5 Å². The third-order valence-corrected chi connectivity index (χ3v) is 5.39. The van der Waals surface area contributed by atoms with Crippen LogP contribution in [-0.4, -0.2) is 25.4 Å². The molecule has 26 heavy (non-hydrogen) atoms. The molecule has 0 aliphatic carbocycles. The van der Waals surface area contributed by atoms with Crippen molar-refractivity contribution in [3.8, 4) is 5.75 Å². The Morgan fingerprint density at radius 2 is 1.65 bits per heavy atom. The fraction of sp³-hybridized carbons (Fsp3) is 0.429. The molecule has 1 saturated heterocycles. The van der Waals surface area contributed by atoms with Gasteiger partial charge in [-0.25, -0.2) is 0 Å². The molecule has 1 aliphatic heterocycles. The maximum atomic E-state index is 6.13. The Balaban J connectivity index is 1.72. The smallest absolute Gasteiger partial charge is 0.489 e. The van der Waals surface area contributed by atoms with Gasteiger partial charge in [0.25, 0.3) is 0 Å². The quantitative estimate of drug-likeness (QED) is 0.828. The lowest BCUT2D eigenvalue weighted by Crippen LogP contribution is -2.41. The van der Waals surface area contributed by atoms with E-state index in [1.54, 1.807) is 0 Å². The minimum absolute atomic E-state index is 0.336. The second-order valence-corrected chi connectivity index (χ2v) is 7.81. The highest BCUT2D eigenvalue weighted by atomic mass is 16.7. The van der Waals surface area contributed by atoms with Gasteiger partial charge in [-0.3, -0.25) is 0 Å². The van der Waals surface area contributed by atoms with Crippen LogP contribution in [-0.2, 0) is 15.9 Å². The Labute approximate surface area is 157 Å². The molecule has 138 valence electrons. The van der Waals surface area contributed by atoms with Gasteiger partial charge in [0.2, 0.25) is 0 Å². The molecule has 0 unspecified atom stereocenters. The summed E-state index contributed by atoms with van der Waals surface area (Å²) < 4.78 is 18.3. The molecule has 1 heterocycles. The van der Waals surface area contributed by atoms with E-state index < -0.39 is 0 Å². The predicted molar refractivity (Wildman–Crippen MR) is 107 cm³/mol. The van der Waals surface area contributed by atoms with Crippen molar-refractivity contribution >= 4 is 18.3 Å². The first-order valence-corrected chi connectivity index (χ1v) is 9.08. The monoisotopic (exact) mass is 353 g/mol. The molecule has 3 rings (SSSR count). The van der Waals surface area contributed by atoms with E-state index >= 15 is 0 Å². The minimum Gasteiger partial charge on any atom is -0.489 e. The lowest BCUT2D eigenvalue weighted by atomic mass is 9.78. The zero-order valence-corrected chi connectivity index (χ0v) is 16.6. The number of nitrogens with one attached hydrogen (secondary N) is 1. The summed E-state index contributed by atoms with van der Waals surface area (Å²) in [4.78, 5) is 0. The Hall–Kier alpha value is -1.98. The number of benzene rings is 2. The molecule has 1 N–H and O–H groups in total. The first-order chi connectivity index (χ1) is 12.2. The zero-order chi connectivity index (χ0) is 18.9. The summed E-state index contributed by atoms with van der Waals surface area (Å²) >= 11 is 0. The van der Waals surface area contributed by atoms with Gasteiger partial charge in [-0.05, 0) is 57.8 Å². The van der Waals surface area contributed by atoms with Gasteiger partial charge < -0.3 is 19.4 Å². The highest BCUT2D eigenvalue weighted by Crippen LogP contribution is 2.36. The molecule has 2 aromatic rings. The molecule has 0 radical (unpaired) electrons. The van der Waals surface area contributed by atoms with Crippen LogP contribution in [0.4, 0.5) is 5.69 Å². The van der Waals surface area contributed by atoms with Crippen molar-refractivity contribution in [1.82, 2.24) is 0 Å². The van der Waals surface area contributed by atoms with E-state index in [-0.39, 0.29) is 18.3 Å². The normalized spacial score (nSPS) is 18.0. The SMILES string of the molecule is CNc1ccccc1COc1ccc(B2OC(C)(C)C(C)(C)O2)cc1C. The summed E-state index contributed by atoms with van der Waals surface area (Å²) in [5, 5.41) is 3.19. The van der Waals surface area contributed by atoms with Gasteiger partial charge in [-0.2, -0.15) is 0 Å². The van der Waals surface area contributed by atoms with E-state index in [0.29, 0.717) is 6.61 Å². The second-order valence-electron chi connectivity index (χ2n) is 7.81. The minimum atomic E-state index is -0.349. The molecule has 1 fully saturated rings. The van der Waals surface area contributed by atoms with E-state index in [0.717, 1.165) is 28.0 Å². The van der Waals surface area contributed by atoms with Crippen LogP contribution in [0.3, 0.4) is 0 Å². The maximum Gasteiger partial charge on any atom is 0.494 e. The fourth-order valence-electron chi connectivity index (χ4n) is 3.01. The first kappa shape index (κ1) is 18.8. The molecule has 0 atom stereocenters. The number of rotatable bonds is 5. The van der Waals surface area contributed by atoms with Gasteiger partial charge in [-0.1, -0.05) is 30.3 Å². The fourth-order valence-corrected chi connectivity index (χ4v) is 3.01. The number of anilines is 1. The Morgan fingerprint density at radius 1 is 1.00 bits per heavy atom. The molecule has 0 spiro atoms. The highest BCUT2D eigenvalue weighted by Gasteiger charge is 2.51. The third-order valence-electron chi connectivity index (χ3n) is 5.39. The average Bonchev–Trinajstić information content (AvgIpc) is 2.81. The molecule has 0 saturated carbocycles. The van der Waals surface area contributed by atoms with Gasteiger partial charge in [0.1, 0.15) is 12.4 Å². The van der Waals surface area contributed by atoms with Gasteiger partial charge in [-0.15, -0.1) is 0 Å². The van der Waals surface area contributed by atoms with Crippen molar-refractivity contribution in [3.05, 3.63) is 53.6 Å². The number of ether oxygens (including phenoxy) is 1. The van der Waals surface area contributed by atoms with Crippen molar-refractivity contribution in [2.24, 2.45) is 0 Å². The largest absolute Gasteiger partial charge is 0.494 e. The lowest BCUT2D eigenvalue weighted by Gasteiger charge is -2.32. The molecule has 2 aromatic carbocycles. The molecule has 1 aliphatic rings. The van der Waals surface area contributed by atoms with Crippen molar-refractivity contribution < 1.29 is 14.0 Å². The van der Waals surface area contributed by atoms with Crippen LogP contribution >= 0.6 is 0 Å². The van der Waals surface area contributed by atoms with E-state index in [4.69, 9.17) is 14.0 Å². The lowest BCUT2D eigenvalue weighted by molar-refractivity contribution is 0.00578. The van der Waals surface area contributed by atoms with Crippen LogP contribution in [0.5, 0.6) is 5.75 Å². The molecule has 0 bridgehead atoms. The summed E-state index contributed by atoms with van der Waals surface area (Å²) in [6, 6.07) is 14.3. The standard InChI is InChI=1S/C21H28BNO3/c1-15-13-17(22-25-20(2,3)21(4,5)26-22)11-12-19(15)24-14-16-9-7-8-10-18(16)23-6/h7-13,23H,14H2,1-6H3. The maximum absolute atomic E-state index is 6.13. The molecule has 0 aromatic heterocycles. The van der Waals surface area contributed by atoms with Crippen LogP contribution < -0.4 is 15.5 Å². The third kappa shape index (κ3) is 3.60. The number of para-hydroxylation sites is 1. The topological polar surface area (TPSA) is 39.7 Å². The molecule has 5 heteroatoms. The number of aryl methyl sites for hydroxylation is 1. The molecular formula is C21H28BNO3. The van der Waals surface area contributed by atoms with E-state index in [2.05, 4.69) is 45.1 Å². The average molecular weight is 353 g/mol. The van der Waals surface area contributed by atoms with E-state index in [1.165, 1.54) is 0 Å². The zero-order valence-electron chi connectivity index (χ0n) is 16.6. The summed E-state index contributed by atoms with van der Waals surface area (Å²) in [6.07, 6.45) is 0. The summed E-state index contributed by atoms with van der Waals surface area (Å²) in [5.41, 5.74) is 3.63. The van der Waals surface area contributed by atoms with E-state index in [9.17, 15) is 0 Å². The Morgan fingerprint density at radius 3 is 2.27 bits per heavy atom. The van der Waals surface area contributed by atoms with Crippen molar-refractivity contribution in [3.63, 3.8) is 0 Å². The summed E-state index contributed by atoms with van der Waals surface area (Å²) in [6.45, 7) is 10.8. The highest BCUT2D eigenvalue weighted by molar-refractivity contribution is 6.62. The number of hydrogen-bond acceptors (Lipinski definition) is 4.